The number of carbonyl (C=O) groups is 1. The number of anilines is 1. The van der Waals surface area contributed by atoms with Crippen molar-refractivity contribution in [1.29, 1.82) is 0 Å². The second-order valence-corrected chi connectivity index (χ2v) is 4.60. The van der Waals surface area contributed by atoms with Gasteiger partial charge in [0.05, 0.1) is 12.1 Å². The highest BCUT2D eigenvalue weighted by Gasteiger charge is 2.44. The summed E-state index contributed by atoms with van der Waals surface area (Å²) in [6.07, 6.45) is 2.59. The van der Waals surface area contributed by atoms with Gasteiger partial charge in [0.1, 0.15) is 0 Å². The first kappa shape index (κ1) is 8.92. The zero-order valence-electron chi connectivity index (χ0n) is 8.79. The minimum absolute atomic E-state index is 0.162. The number of likely N-dealkylation sites (N-methyl/N-ethyl adjacent to an activating group) is 1. The van der Waals surface area contributed by atoms with Gasteiger partial charge in [0.25, 0.3) is 0 Å². The van der Waals surface area contributed by atoms with Gasteiger partial charge in [-0.3, -0.25) is 4.79 Å². The molecule has 1 aromatic carbocycles. The zero-order valence-corrected chi connectivity index (χ0v) is 8.79. The summed E-state index contributed by atoms with van der Waals surface area (Å²) in [5.74, 6) is 0.168. The molecule has 78 valence electrons. The van der Waals surface area contributed by atoms with Gasteiger partial charge in [0.15, 0.2) is 0 Å². The van der Waals surface area contributed by atoms with Crippen molar-refractivity contribution in [3.05, 3.63) is 29.3 Å². The fourth-order valence-electron chi connectivity index (χ4n) is 2.34. The van der Waals surface area contributed by atoms with Crippen molar-refractivity contribution in [1.82, 2.24) is 0 Å². The quantitative estimate of drug-likeness (QED) is 0.742. The van der Waals surface area contributed by atoms with E-state index < -0.39 is 0 Å². The largest absolute Gasteiger partial charge is 0.321 e. The third kappa shape index (κ3) is 1.13. The van der Waals surface area contributed by atoms with Crippen LogP contribution in [0.2, 0.25) is 0 Å². The van der Waals surface area contributed by atoms with Crippen molar-refractivity contribution in [2.24, 2.45) is 5.73 Å². The van der Waals surface area contributed by atoms with E-state index in [2.05, 4.69) is 6.07 Å². The lowest BCUT2D eigenvalue weighted by atomic mass is 10.00. The number of nitrogens with two attached hydrogens (primary N) is 1. The van der Waals surface area contributed by atoms with E-state index in [4.69, 9.17) is 5.73 Å². The smallest absolute Gasteiger partial charge is 0.231 e. The molecule has 1 fully saturated rings. The summed E-state index contributed by atoms with van der Waals surface area (Å²) in [5, 5.41) is 0. The van der Waals surface area contributed by atoms with Gasteiger partial charge in [-0.2, -0.15) is 0 Å². The first-order chi connectivity index (χ1) is 7.12. The Morgan fingerprint density at radius 3 is 2.80 bits per heavy atom. The van der Waals surface area contributed by atoms with Crippen molar-refractivity contribution in [2.45, 2.75) is 24.8 Å². The summed E-state index contributed by atoms with van der Waals surface area (Å²) in [6, 6.07) is 6.08. The molecule has 15 heavy (non-hydrogen) atoms. The van der Waals surface area contributed by atoms with E-state index in [1.165, 1.54) is 0 Å². The number of amides is 1. The molecule has 1 amide bonds. The van der Waals surface area contributed by atoms with Crippen LogP contribution in [0.1, 0.15) is 24.0 Å². The van der Waals surface area contributed by atoms with Crippen molar-refractivity contribution in [2.75, 3.05) is 11.9 Å². The highest BCUT2D eigenvalue weighted by Crippen LogP contribution is 2.48. The van der Waals surface area contributed by atoms with Gasteiger partial charge in [0.2, 0.25) is 5.91 Å². The molecule has 0 atom stereocenters. The summed E-state index contributed by atoms with van der Waals surface area (Å²) in [4.78, 5) is 13.4. The number of nitrogens with zero attached hydrogens (tertiary/aromatic N) is 1. The molecule has 1 aromatic rings. The molecule has 1 saturated carbocycles. The number of hydrogen-bond donors (Lipinski definition) is 1. The van der Waals surface area contributed by atoms with Gasteiger partial charge in [-0.05, 0) is 24.0 Å². The number of hydrogen-bond acceptors (Lipinski definition) is 2. The van der Waals surface area contributed by atoms with Crippen LogP contribution in [-0.4, -0.2) is 13.0 Å². The molecule has 2 N–H and O–H groups in total. The minimum atomic E-state index is -0.162. The first-order valence-electron chi connectivity index (χ1n) is 5.30. The van der Waals surface area contributed by atoms with E-state index in [1.54, 1.807) is 4.90 Å². The average Bonchev–Trinajstić information content (AvgIpc) is 2.89. The Morgan fingerprint density at radius 2 is 2.13 bits per heavy atom. The van der Waals surface area contributed by atoms with Crippen LogP contribution in [0.3, 0.4) is 0 Å². The molecule has 0 saturated heterocycles. The van der Waals surface area contributed by atoms with E-state index >= 15 is 0 Å². The van der Waals surface area contributed by atoms with Crippen LogP contribution in [0.4, 0.5) is 5.69 Å². The number of benzene rings is 1. The first-order valence-corrected chi connectivity index (χ1v) is 5.30. The van der Waals surface area contributed by atoms with Crippen molar-refractivity contribution >= 4 is 11.6 Å². The lowest BCUT2D eigenvalue weighted by molar-refractivity contribution is -0.117. The van der Waals surface area contributed by atoms with Crippen LogP contribution in [0.15, 0.2) is 18.2 Å². The summed E-state index contributed by atoms with van der Waals surface area (Å²) >= 11 is 0. The highest BCUT2D eigenvalue weighted by molar-refractivity contribution is 6.02. The molecule has 1 aliphatic heterocycles. The van der Waals surface area contributed by atoms with Gasteiger partial charge >= 0.3 is 0 Å². The van der Waals surface area contributed by atoms with Crippen LogP contribution < -0.4 is 10.6 Å². The molecule has 2 aliphatic rings. The van der Waals surface area contributed by atoms with Crippen LogP contribution in [-0.2, 0) is 16.8 Å². The second kappa shape index (κ2) is 2.61. The number of para-hydroxylation sites is 1. The lowest BCUT2D eigenvalue weighted by Gasteiger charge is -2.19. The Bertz CT molecular complexity index is 449. The Labute approximate surface area is 88.9 Å². The topological polar surface area (TPSA) is 46.3 Å². The summed E-state index contributed by atoms with van der Waals surface area (Å²) < 4.78 is 0. The molecular weight excluding hydrogens is 188 g/mol. The number of rotatable bonds is 1. The molecule has 1 heterocycles. The molecule has 0 radical (unpaired) electrons. The normalized spacial score (nSPS) is 21.7. The molecule has 0 unspecified atom stereocenters. The highest BCUT2D eigenvalue weighted by atomic mass is 16.2. The van der Waals surface area contributed by atoms with Crippen molar-refractivity contribution in [3.8, 4) is 0 Å². The second-order valence-electron chi connectivity index (χ2n) is 4.60. The van der Waals surface area contributed by atoms with Gasteiger partial charge in [0, 0.05) is 12.6 Å². The lowest BCUT2D eigenvalue weighted by Crippen LogP contribution is -2.26. The van der Waals surface area contributed by atoms with Crippen molar-refractivity contribution in [3.63, 3.8) is 0 Å². The fraction of sp³-hybridized carbons (Fsp3) is 0.417. The molecule has 3 rings (SSSR count). The van der Waals surface area contributed by atoms with E-state index in [9.17, 15) is 4.79 Å². The molecule has 0 spiro atoms. The van der Waals surface area contributed by atoms with Crippen LogP contribution in [0, 0.1) is 0 Å². The van der Waals surface area contributed by atoms with Crippen molar-refractivity contribution < 1.29 is 4.79 Å². The van der Waals surface area contributed by atoms with Gasteiger partial charge in [-0.1, -0.05) is 18.2 Å². The summed E-state index contributed by atoms with van der Waals surface area (Å²) in [5.41, 5.74) is 9.37. The molecule has 0 bridgehead atoms. The monoisotopic (exact) mass is 202 g/mol. The molecule has 3 heteroatoms. The minimum Gasteiger partial charge on any atom is -0.321 e. The zero-order chi connectivity index (χ0) is 10.6. The summed E-state index contributed by atoms with van der Waals surface area (Å²) in [6.45, 7) is 0. The number of carbonyl (C=O) groups excluding carboxylic acids is 1. The van der Waals surface area contributed by atoms with E-state index in [1.807, 2.05) is 19.2 Å². The Kier molecular flexibility index (Phi) is 1.55. The third-order valence-electron chi connectivity index (χ3n) is 3.50. The standard InChI is InChI=1S/C12H14N2O/c1-14-10(15)7-8-3-2-4-9(11(8)14)12(13)5-6-12/h2-4H,5-7,13H2,1H3. The van der Waals surface area contributed by atoms with Gasteiger partial charge in [-0.15, -0.1) is 0 Å². The van der Waals surface area contributed by atoms with Gasteiger partial charge < -0.3 is 10.6 Å². The van der Waals surface area contributed by atoms with E-state index in [-0.39, 0.29) is 11.4 Å². The maximum Gasteiger partial charge on any atom is 0.231 e. The third-order valence-corrected chi connectivity index (χ3v) is 3.50. The molecule has 0 aromatic heterocycles. The Hall–Kier alpha value is -1.35. The predicted molar refractivity (Wildman–Crippen MR) is 58.7 cm³/mol. The fourth-order valence-corrected chi connectivity index (χ4v) is 2.34. The maximum atomic E-state index is 11.6. The van der Waals surface area contributed by atoms with E-state index in [0.717, 1.165) is 29.7 Å². The number of fused-ring (bicyclic) bond motifs is 1. The maximum absolute atomic E-state index is 11.6. The summed E-state index contributed by atoms with van der Waals surface area (Å²) in [7, 11) is 1.84. The molecular formula is C12H14N2O. The molecule has 1 aliphatic carbocycles. The van der Waals surface area contributed by atoms with E-state index in [0.29, 0.717) is 6.42 Å². The van der Waals surface area contributed by atoms with Crippen LogP contribution in [0.5, 0.6) is 0 Å². The van der Waals surface area contributed by atoms with Crippen LogP contribution in [0.25, 0.3) is 0 Å². The predicted octanol–water partition coefficient (Wildman–Crippen LogP) is 1.15. The van der Waals surface area contributed by atoms with Crippen LogP contribution >= 0.6 is 0 Å². The van der Waals surface area contributed by atoms with Gasteiger partial charge in [-0.25, -0.2) is 0 Å². The average molecular weight is 202 g/mol. The molecule has 3 nitrogen and oxygen atoms in total. The SMILES string of the molecule is CN1C(=O)Cc2cccc(C3(N)CC3)c21. The Balaban J connectivity index is 2.19. The Morgan fingerprint density at radius 1 is 1.40 bits per heavy atom.